The average molecular weight is 280 g/mol. The molecule has 2 atom stereocenters. The Morgan fingerprint density at radius 1 is 1.20 bits per heavy atom. The first-order valence-corrected chi connectivity index (χ1v) is 8.37. The predicted octanol–water partition coefficient (Wildman–Crippen LogP) is 3.04. The van der Waals surface area contributed by atoms with Crippen molar-refractivity contribution in [1.82, 2.24) is 4.90 Å². The van der Waals surface area contributed by atoms with Crippen molar-refractivity contribution in [3.05, 3.63) is 0 Å². The molecule has 2 aliphatic rings. The van der Waals surface area contributed by atoms with Gasteiger partial charge in [-0.15, -0.1) is 0 Å². The summed E-state index contributed by atoms with van der Waals surface area (Å²) in [6, 6.07) is 0. The van der Waals surface area contributed by atoms with Crippen LogP contribution >= 0.6 is 0 Å². The molecule has 0 aromatic heterocycles. The van der Waals surface area contributed by atoms with Crippen molar-refractivity contribution in [3.63, 3.8) is 0 Å². The van der Waals surface area contributed by atoms with Crippen molar-refractivity contribution in [2.75, 3.05) is 19.6 Å². The number of carbonyl (C=O) groups excluding carboxylic acids is 1. The van der Waals surface area contributed by atoms with Crippen LogP contribution in [0.3, 0.4) is 0 Å². The lowest BCUT2D eigenvalue weighted by Crippen LogP contribution is -2.41. The summed E-state index contributed by atoms with van der Waals surface area (Å²) >= 11 is 0. The summed E-state index contributed by atoms with van der Waals surface area (Å²) in [7, 11) is 0. The van der Waals surface area contributed by atoms with E-state index < -0.39 is 0 Å². The Labute approximate surface area is 124 Å². The molecule has 1 aliphatic heterocycles. The highest BCUT2D eigenvalue weighted by atomic mass is 16.2. The zero-order valence-electron chi connectivity index (χ0n) is 13.5. The fourth-order valence-corrected chi connectivity index (χ4v) is 4.49. The highest BCUT2D eigenvalue weighted by molar-refractivity contribution is 5.76. The van der Waals surface area contributed by atoms with Crippen LogP contribution < -0.4 is 5.73 Å². The van der Waals surface area contributed by atoms with Gasteiger partial charge in [0.15, 0.2) is 0 Å². The third-order valence-corrected chi connectivity index (χ3v) is 5.24. The second kappa shape index (κ2) is 6.46. The van der Waals surface area contributed by atoms with E-state index in [9.17, 15) is 4.79 Å². The van der Waals surface area contributed by atoms with Crippen LogP contribution in [-0.2, 0) is 4.79 Å². The van der Waals surface area contributed by atoms with E-state index in [0.29, 0.717) is 23.2 Å². The summed E-state index contributed by atoms with van der Waals surface area (Å²) in [5, 5.41) is 0. The van der Waals surface area contributed by atoms with Crippen molar-refractivity contribution in [3.8, 4) is 0 Å². The summed E-state index contributed by atoms with van der Waals surface area (Å²) in [4.78, 5) is 14.6. The minimum atomic E-state index is 0.385. The minimum Gasteiger partial charge on any atom is -0.343 e. The van der Waals surface area contributed by atoms with Crippen LogP contribution in [0.15, 0.2) is 0 Å². The highest BCUT2D eigenvalue weighted by Crippen LogP contribution is 2.43. The van der Waals surface area contributed by atoms with Gasteiger partial charge in [-0.1, -0.05) is 20.8 Å². The second-order valence-corrected chi connectivity index (χ2v) is 8.04. The van der Waals surface area contributed by atoms with Crippen molar-refractivity contribution in [1.29, 1.82) is 0 Å². The Hall–Kier alpha value is -0.570. The van der Waals surface area contributed by atoms with Crippen molar-refractivity contribution < 1.29 is 4.79 Å². The van der Waals surface area contributed by atoms with E-state index in [1.807, 2.05) is 0 Å². The van der Waals surface area contributed by atoms with E-state index in [2.05, 4.69) is 25.7 Å². The first-order valence-electron chi connectivity index (χ1n) is 8.37. The van der Waals surface area contributed by atoms with Crippen LogP contribution in [0.1, 0.15) is 59.3 Å². The minimum absolute atomic E-state index is 0.385. The number of likely N-dealkylation sites (tertiary alicyclic amines) is 1. The molecule has 0 aromatic carbocycles. The molecule has 116 valence electrons. The first kappa shape index (κ1) is 15.8. The van der Waals surface area contributed by atoms with Gasteiger partial charge in [0.25, 0.3) is 0 Å². The number of hydrogen-bond acceptors (Lipinski definition) is 2. The van der Waals surface area contributed by atoms with Crippen LogP contribution in [0.2, 0.25) is 0 Å². The van der Waals surface area contributed by atoms with E-state index in [1.54, 1.807) is 0 Å². The van der Waals surface area contributed by atoms with E-state index in [-0.39, 0.29) is 0 Å². The van der Waals surface area contributed by atoms with E-state index in [0.717, 1.165) is 44.8 Å². The van der Waals surface area contributed by atoms with Gasteiger partial charge in [0.2, 0.25) is 5.91 Å². The van der Waals surface area contributed by atoms with Crippen molar-refractivity contribution in [2.24, 2.45) is 28.9 Å². The molecule has 0 spiro atoms. The molecule has 0 radical (unpaired) electrons. The van der Waals surface area contributed by atoms with Gasteiger partial charge in [0.05, 0.1) is 0 Å². The Bertz CT molecular complexity index is 332. The van der Waals surface area contributed by atoms with Crippen LogP contribution in [-0.4, -0.2) is 30.4 Å². The maximum atomic E-state index is 12.5. The van der Waals surface area contributed by atoms with E-state index in [1.165, 1.54) is 19.3 Å². The number of piperidine rings is 1. The number of amides is 1. The lowest BCUT2D eigenvalue weighted by atomic mass is 9.67. The largest absolute Gasteiger partial charge is 0.343 e. The third kappa shape index (κ3) is 4.21. The van der Waals surface area contributed by atoms with E-state index in [4.69, 9.17) is 5.73 Å². The Morgan fingerprint density at radius 2 is 1.85 bits per heavy atom. The molecule has 2 rings (SSSR count). The van der Waals surface area contributed by atoms with Gasteiger partial charge in [-0.05, 0) is 61.8 Å². The van der Waals surface area contributed by atoms with Crippen LogP contribution in [0, 0.1) is 23.2 Å². The number of rotatable bonds is 3. The van der Waals surface area contributed by atoms with Crippen molar-refractivity contribution in [2.45, 2.75) is 59.3 Å². The Balaban J connectivity index is 1.82. The molecule has 1 heterocycles. The standard InChI is InChI=1S/C17H32N2O/c1-13-8-15(11-17(2,3)10-13)9-16(20)19-6-4-14(12-18)5-7-19/h13-15H,4-12,18H2,1-3H3. The van der Waals surface area contributed by atoms with Gasteiger partial charge >= 0.3 is 0 Å². The normalized spacial score (nSPS) is 31.3. The molecule has 0 aromatic rings. The molecule has 2 N–H and O–H groups in total. The lowest BCUT2D eigenvalue weighted by molar-refractivity contribution is -0.134. The topological polar surface area (TPSA) is 46.3 Å². The van der Waals surface area contributed by atoms with Gasteiger partial charge in [-0.25, -0.2) is 0 Å². The molecular formula is C17H32N2O. The predicted molar refractivity (Wildman–Crippen MR) is 83.3 cm³/mol. The fourth-order valence-electron chi connectivity index (χ4n) is 4.49. The third-order valence-electron chi connectivity index (χ3n) is 5.24. The van der Waals surface area contributed by atoms with Crippen molar-refractivity contribution >= 4 is 5.91 Å². The molecule has 1 amide bonds. The molecule has 1 saturated carbocycles. The Morgan fingerprint density at radius 3 is 2.40 bits per heavy atom. The average Bonchev–Trinajstić information content (AvgIpc) is 2.36. The summed E-state index contributed by atoms with van der Waals surface area (Å²) in [5.74, 6) is 2.37. The van der Waals surface area contributed by atoms with Gasteiger partial charge in [0, 0.05) is 19.5 Å². The molecule has 0 bridgehead atoms. The number of carbonyl (C=O) groups is 1. The molecule has 1 saturated heterocycles. The SMILES string of the molecule is CC1CC(CC(=O)N2CCC(CN)CC2)CC(C)(C)C1. The zero-order chi connectivity index (χ0) is 14.8. The van der Waals surface area contributed by atoms with Crippen LogP contribution in [0.5, 0.6) is 0 Å². The van der Waals surface area contributed by atoms with E-state index >= 15 is 0 Å². The van der Waals surface area contributed by atoms with Gasteiger partial charge < -0.3 is 10.6 Å². The van der Waals surface area contributed by atoms with Gasteiger partial charge in [-0.3, -0.25) is 4.79 Å². The number of nitrogens with zero attached hydrogens (tertiary/aromatic N) is 1. The molecule has 3 nitrogen and oxygen atoms in total. The maximum absolute atomic E-state index is 12.5. The lowest BCUT2D eigenvalue weighted by Gasteiger charge is -2.40. The summed E-state index contributed by atoms with van der Waals surface area (Å²) < 4.78 is 0. The number of hydrogen-bond donors (Lipinski definition) is 1. The molecule has 2 unspecified atom stereocenters. The second-order valence-electron chi connectivity index (χ2n) is 8.04. The quantitative estimate of drug-likeness (QED) is 0.863. The maximum Gasteiger partial charge on any atom is 0.222 e. The first-order chi connectivity index (χ1) is 9.39. The van der Waals surface area contributed by atoms with Crippen LogP contribution in [0.4, 0.5) is 0 Å². The molecule has 1 aliphatic carbocycles. The molecule has 3 heteroatoms. The Kier molecular flexibility index (Phi) is 5.11. The summed E-state index contributed by atoms with van der Waals surface area (Å²) in [6.07, 6.45) is 6.70. The highest BCUT2D eigenvalue weighted by Gasteiger charge is 2.34. The van der Waals surface area contributed by atoms with Gasteiger partial charge in [0.1, 0.15) is 0 Å². The smallest absolute Gasteiger partial charge is 0.222 e. The summed E-state index contributed by atoms with van der Waals surface area (Å²) in [6.45, 7) is 9.67. The van der Waals surface area contributed by atoms with Gasteiger partial charge in [-0.2, -0.15) is 0 Å². The van der Waals surface area contributed by atoms with Crippen LogP contribution in [0.25, 0.3) is 0 Å². The summed E-state index contributed by atoms with van der Waals surface area (Å²) in [5.41, 5.74) is 6.13. The fraction of sp³-hybridized carbons (Fsp3) is 0.941. The molecule has 20 heavy (non-hydrogen) atoms. The number of nitrogens with two attached hydrogens (primary N) is 1. The molecular weight excluding hydrogens is 248 g/mol. The monoisotopic (exact) mass is 280 g/mol. The molecule has 2 fully saturated rings. The zero-order valence-corrected chi connectivity index (χ0v) is 13.5.